The van der Waals surface area contributed by atoms with Crippen LogP contribution in [0.4, 0.5) is 4.39 Å². The average molecular weight is 273 g/mol. The standard InChI is InChI=1S/C16H20FN3/c1-19-16(4-5-16)13-6-11(7-14(17)8-13)12(9-18)10-20-15-2-3-15/h6-10,15,19H,2-5,18H2,1H3/b12-9+,20-10?. The van der Waals surface area contributed by atoms with Crippen molar-refractivity contribution in [3.63, 3.8) is 0 Å². The summed E-state index contributed by atoms with van der Waals surface area (Å²) in [6.07, 6.45) is 7.66. The maximum absolute atomic E-state index is 13.9. The molecule has 2 aliphatic carbocycles. The first-order valence-electron chi connectivity index (χ1n) is 7.12. The fourth-order valence-electron chi connectivity index (χ4n) is 2.46. The average Bonchev–Trinajstić information content (AvgIpc) is 3.33. The van der Waals surface area contributed by atoms with Crippen LogP contribution in [0.15, 0.2) is 29.4 Å². The molecule has 0 heterocycles. The van der Waals surface area contributed by atoms with Crippen LogP contribution < -0.4 is 11.1 Å². The van der Waals surface area contributed by atoms with Crippen molar-refractivity contribution in [2.45, 2.75) is 37.3 Å². The van der Waals surface area contributed by atoms with Gasteiger partial charge in [-0.1, -0.05) is 0 Å². The van der Waals surface area contributed by atoms with Gasteiger partial charge in [-0.15, -0.1) is 0 Å². The molecule has 0 saturated heterocycles. The Morgan fingerprint density at radius 1 is 1.40 bits per heavy atom. The van der Waals surface area contributed by atoms with E-state index < -0.39 is 0 Å². The smallest absolute Gasteiger partial charge is 0.124 e. The van der Waals surface area contributed by atoms with Crippen LogP contribution in [0.25, 0.3) is 5.57 Å². The van der Waals surface area contributed by atoms with E-state index in [1.807, 2.05) is 13.1 Å². The zero-order valence-electron chi connectivity index (χ0n) is 11.7. The van der Waals surface area contributed by atoms with Crippen molar-refractivity contribution in [2.75, 3.05) is 7.05 Å². The summed E-state index contributed by atoms with van der Waals surface area (Å²) in [6.45, 7) is 0. The Labute approximate surface area is 118 Å². The molecule has 2 saturated carbocycles. The van der Waals surface area contributed by atoms with E-state index in [1.165, 1.54) is 12.3 Å². The van der Waals surface area contributed by atoms with E-state index in [1.54, 1.807) is 12.3 Å². The maximum Gasteiger partial charge on any atom is 0.124 e. The summed E-state index contributed by atoms with van der Waals surface area (Å²) < 4.78 is 13.9. The number of benzene rings is 1. The summed E-state index contributed by atoms with van der Waals surface area (Å²) >= 11 is 0. The van der Waals surface area contributed by atoms with Gasteiger partial charge in [0.05, 0.1) is 6.04 Å². The summed E-state index contributed by atoms with van der Waals surface area (Å²) in [7, 11) is 1.92. The molecule has 0 unspecified atom stereocenters. The highest BCUT2D eigenvalue weighted by atomic mass is 19.1. The largest absolute Gasteiger partial charge is 0.404 e. The number of nitrogens with two attached hydrogens (primary N) is 1. The lowest BCUT2D eigenvalue weighted by Crippen LogP contribution is -2.24. The molecule has 20 heavy (non-hydrogen) atoms. The molecule has 3 nitrogen and oxygen atoms in total. The molecule has 1 aromatic rings. The second-order valence-electron chi connectivity index (χ2n) is 5.69. The van der Waals surface area contributed by atoms with Crippen LogP contribution in [0.1, 0.15) is 36.8 Å². The van der Waals surface area contributed by atoms with Gasteiger partial charge in [-0.2, -0.15) is 0 Å². The first-order chi connectivity index (χ1) is 9.66. The number of halogens is 1. The summed E-state index contributed by atoms with van der Waals surface area (Å²) in [5, 5.41) is 3.29. The van der Waals surface area contributed by atoms with E-state index in [4.69, 9.17) is 5.73 Å². The molecule has 0 amide bonds. The van der Waals surface area contributed by atoms with Crippen LogP contribution in [0.2, 0.25) is 0 Å². The van der Waals surface area contributed by atoms with Crippen LogP contribution in [0.3, 0.4) is 0 Å². The van der Waals surface area contributed by atoms with Gasteiger partial charge in [0.2, 0.25) is 0 Å². The molecular weight excluding hydrogens is 253 g/mol. The van der Waals surface area contributed by atoms with E-state index in [-0.39, 0.29) is 11.4 Å². The Morgan fingerprint density at radius 3 is 2.70 bits per heavy atom. The molecule has 4 heteroatoms. The zero-order chi connectivity index (χ0) is 14.2. The Kier molecular flexibility index (Phi) is 3.34. The molecule has 2 fully saturated rings. The molecule has 2 aliphatic rings. The first kappa shape index (κ1) is 13.3. The van der Waals surface area contributed by atoms with Gasteiger partial charge in [-0.05, 0) is 62.1 Å². The van der Waals surface area contributed by atoms with E-state index in [0.717, 1.165) is 42.4 Å². The number of rotatable bonds is 5. The Balaban J connectivity index is 1.92. The number of aliphatic imine (C=N–C) groups is 1. The third-order valence-electron chi connectivity index (χ3n) is 4.16. The van der Waals surface area contributed by atoms with Crippen molar-refractivity contribution >= 4 is 11.8 Å². The molecule has 0 aromatic heterocycles. The summed E-state index contributed by atoms with van der Waals surface area (Å²) in [4.78, 5) is 4.43. The van der Waals surface area contributed by atoms with Crippen LogP contribution in [-0.2, 0) is 5.54 Å². The lowest BCUT2D eigenvalue weighted by Gasteiger charge is -2.16. The molecule has 0 bridgehead atoms. The predicted octanol–water partition coefficient (Wildman–Crippen LogP) is 2.57. The van der Waals surface area contributed by atoms with Gasteiger partial charge >= 0.3 is 0 Å². The number of hydrogen-bond donors (Lipinski definition) is 2. The molecule has 3 N–H and O–H groups in total. The molecule has 106 valence electrons. The van der Waals surface area contributed by atoms with Crippen molar-refractivity contribution in [1.29, 1.82) is 0 Å². The first-order valence-corrected chi connectivity index (χ1v) is 7.12. The van der Waals surface area contributed by atoms with Crippen molar-refractivity contribution in [1.82, 2.24) is 5.32 Å². The van der Waals surface area contributed by atoms with Crippen LogP contribution in [-0.4, -0.2) is 19.3 Å². The minimum atomic E-state index is -0.224. The minimum absolute atomic E-state index is 0.0514. The van der Waals surface area contributed by atoms with Gasteiger partial charge < -0.3 is 11.1 Å². The summed E-state index contributed by atoms with van der Waals surface area (Å²) in [6, 6.07) is 5.58. The second kappa shape index (κ2) is 5.02. The van der Waals surface area contributed by atoms with E-state index in [0.29, 0.717) is 6.04 Å². The summed E-state index contributed by atoms with van der Waals surface area (Å²) in [5.74, 6) is -0.224. The van der Waals surface area contributed by atoms with Gasteiger partial charge in [-0.25, -0.2) is 4.39 Å². The number of nitrogens with zero attached hydrogens (tertiary/aromatic N) is 1. The molecular formula is C16H20FN3. The van der Waals surface area contributed by atoms with E-state index in [9.17, 15) is 4.39 Å². The normalized spacial score (nSPS) is 21.4. The van der Waals surface area contributed by atoms with Gasteiger partial charge in [-0.3, -0.25) is 4.99 Å². The van der Waals surface area contributed by atoms with E-state index >= 15 is 0 Å². The van der Waals surface area contributed by atoms with Crippen LogP contribution >= 0.6 is 0 Å². The number of allylic oxidation sites excluding steroid dienone is 1. The minimum Gasteiger partial charge on any atom is -0.404 e. The van der Waals surface area contributed by atoms with Crippen molar-refractivity contribution in [2.24, 2.45) is 10.7 Å². The highest BCUT2D eigenvalue weighted by Crippen LogP contribution is 2.45. The SMILES string of the molecule is CNC1(c2cc(F)cc(/C(C=NC3CC3)=C/N)c2)CC1. The quantitative estimate of drug-likeness (QED) is 0.810. The molecule has 3 rings (SSSR count). The molecule has 0 spiro atoms. The van der Waals surface area contributed by atoms with Crippen molar-refractivity contribution in [3.8, 4) is 0 Å². The Bertz CT molecular complexity index is 569. The molecule has 0 atom stereocenters. The van der Waals surface area contributed by atoms with Gasteiger partial charge in [0.1, 0.15) is 5.82 Å². The van der Waals surface area contributed by atoms with Crippen LogP contribution in [0, 0.1) is 5.82 Å². The van der Waals surface area contributed by atoms with Crippen LogP contribution in [0.5, 0.6) is 0 Å². The predicted molar refractivity (Wildman–Crippen MR) is 80.1 cm³/mol. The maximum atomic E-state index is 13.9. The van der Waals surface area contributed by atoms with Crippen molar-refractivity contribution < 1.29 is 4.39 Å². The Hall–Kier alpha value is -1.68. The fraction of sp³-hybridized carbons (Fsp3) is 0.438. The van der Waals surface area contributed by atoms with Gasteiger partial charge in [0.25, 0.3) is 0 Å². The monoisotopic (exact) mass is 273 g/mol. The van der Waals surface area contributed by atoms with Gasteiger partial charge in [0, 0.05) is 23.5 Å². The Morgan fingerprint density at radius 2 is 2.15 bits per heavy atom. The number of nitrogens with one attached hydrogen (secondary N) is 1. The lowest BCUT2D eigenvalue weighted by molar-refractivity contribution is 0.570. The lowest BCUT2D eigenvalue weighted by atomic mass is 9.98. The zero-order valence-corrected chi connectivity index (χ0v) is 11.7. The summed E-state index contributed by atoms with van der Waals surface area (Å²) in [5.41, 5.74) is 8.20. The topological polar surface area (TPSA) is 50.4 Å². The fourth-order valence-corrected chi connectivity index (χ4v) is 2.46. The van der Waals surface area contributed by atoms with Crippen molar-refractivity contribution in [3.05, 3.63) is 41.3 Å². The second-order valence-corrected chi connectivity index (χ2v) is 5.69. The number of hydrogen-bond acceptors (Lipinski definition) is 3. The molecule has 1 aromatic carbocycles. The van der Waals surface area contributed by atoms with E-state index in [2.05, 4.69) is 10.3 Å². The third kappa shape index (κ3) is 2.61. The van der Waals surface area contributed by atoms with Gasteiger partial charge in [0.15, 0.2) is 0 Å². The highest BCUT2D eigenvalue weighted by Gasteiger charge is 2.43. The molecule has 0 aliphatic heterocycles. The third-order valence-corrected chi connectivity index (χ3v) is 4.16. The molecule has 0 radical (unpaired) electrons. The highest BCUT2D eigenvalue weighted by molar-refractivity contribution is 6.09.